The van der Waals surface area contributed by atoms with Gasteiger partial charge in [0.1, 0.15) is 23.7 Å². The number of methoxy groups -OCH3 is 1. The minimum absolute atomic E-state index is 0.125. The van der Waals surface area contributed by atoms with Crippen LogP contribution in [0.25, 0.3) is 5.70 Å². The highest BCUT2D eigenvalue weighted by Gasteiger charge is 2.17. The Labute approximate surface area is 220 Å². The smallest absolute Gasteiger partial charge is 0.410 e. The molecule has 0 fully saturated rings. The lowest BCUT2D eigenvalue weighted by Crippen LogP contribution is -2.33. The van der Waals surface area contributed by atoms with E-state index in [4.69, 9.17) is 37.4 Å². The molecule has 0 heterocycles. The SMILES string of the molecule is COC(=O)c1ccc(Cl)cc1Oc1ccc(/C(N)=C(\COC(=O)N(C)Cc2ccccc2)N(C)N)cc1. The van der Waals surface area contributed by atoms with Crippen LogP contribution in [0, 0.1) is 0 Å². The van der Waals surface area contributed by atoms with Gasteiger partial charge in [-0.05, 0) is 47.5 Å². The molecule has 3 rings (SSSR count). The molecular weight excluding hydrogens is 496 g/mol. The average molecular weight is 525 g/mol. The third-order valence-electron chi connectivity index (χ3n) is 5.39. The van der Waals surface area contributed by atoms with E-state index in [2.05, 4.69) is 0 Å². The van der Waals surface area contributed by atoms with Crippen molar-refractivity contribution in [1.29, 1.82) is 0 Å². The van der Waals surface area contributed by atoms with Crippen LogP contribution in [0.2, 0.25) is 5.02 Å². The van der Waals surface area contributed by atoms with E-state index in [1.165, 1.54) is 29.2 Å². The Morgan fingerprint density at radius 2 is 1.65 bits per heavy atom. The maximum atomic E-state index is 12.5. The van der Waals surface area contributed by atoms with E-state index in [0.29, 0.717) is 34.3 Å². The molecule has 0 aliphatic rings. The van der Waals surface area contributed by atoms with Crippen molar-refractivity contribution in [1.82, 2.24) is 9.91 Å². The third kappa shape index (κ3) is 7.39. The number of likely N-dealkylation sites (N-methyl/N-ethyl adjacent to an activating group) is 1. The number of halogens is 1. The first-order valence-corrected chi connectivity index (χ1v) is 11.6. The minimum Gasteiger partial charge on any atom is -0.465 e. The van der Waals surface area contributed by atoms with Crippen molar-refractivity contribution < 1.29 is 23.8 Å². The molecular formula is C27H29ClN4O5. The van der Waals surface area contributed by atoms with Gasteiger partial charge in [0.15, 0.2) is 0 Å². The number of carbonyl (C=O) groups excluding carboxylic acids is 2. The minimum atomic E-state index is -0.546. The molecule has 0 saturated heterocycles. The van der Waals surface area contributed by atoms with Gasteiger partial charge >= 0.3 is 12.1 Å². The lowest BCUT2D eigenvalue weighted by Gasteiger charge is -2.22. The summed E-state index contributed by atoms with van der Waals surface area (Å²) in [5.41, 5.74) is 8.95. The zero-order valence-electron chi connectivity index (χ0n) is 20.8. The van der Waals surface area contributed by atoms with Gasteiger partial charge in [0.25, 0.3) is 0 Å². The van der Waals surface area contributed by atoms with E-state index in [0.717, 1.165) is 5.56 Å². The zero-order chi connectivity index (χ0) is 26.9. The first-order valence-electron chi connectivity index (χ1n) is 11.2. The Kier molecular flexibility index (Phi) is 9.37. The summed E-state index contributed by atoms with van der Waals surface area (Å²) in [6, 6.07) is 21.0. The van der Waals surface area contributed by atoms with Crippen LogP contribution in [0.1, 0.15) is 21.5 Å². The maximum Gasteiger partial charge on any atom is 0.410 e. The number of carbonyl (C=O) groups is 2. The first kappa shape index (κ1) is 27.4. The number of ether oxygens (including phenoxy) is 3. The van der Waals surface area contributed by atoms with E-state index in [1.54, 1.807) is 44.4 Å². The number of benzene rings is 3. The zero-order valence-corrected chi connectivity index (χ0v) is 21.6. The fourth-order valence-electron chi connectivity index (χ4n) is 3.39. The van der Waals surface area contributed by atoms with Gasteiger partial charge in [-0.1, -0.05) is 41.9 Å². The van der Waals surface area contributed by atoms with Crippen molar-refractivity contribution in [3.05, 3.63) is 100 Å². The van der Waals surface area contributed by atoms with Crippen LogP contribution in [0.4, 0.5) is 4.79 Å². The second kappa shape index (κ2) is 12.7. The van der Waals surface area contributed by atoms with Gasteiger partial charge in [-0.25, -0.2) is 15.4 Å². The van der Waals surface area contributed by atoms with Gasteiger partial charge in [-0.2, -0.15) is 0 Å². The predicted molar refractivity (Wildman–Crippen MR) is 142 cm³/mol. The van der Waals surface area contributed by atoms with E-state index < -0.39 is 12.1 Å². The molecule has 3 aromatic carbocycles. The number of hydrogen-bond donors (Lipinski definition) is 2. The van der Waals surface area contributed by atoms with Gasteiger partial charge in [-0.3, -0.25) is 0 Å². The Morgan fingerprint density at radius 3 is 2.27 bits per heavy atom. The predicted octanol–water partition coefficient (Wildman–Crippen LogP) is 4.62. The Balaban J connectivity index is 1.72. The summed E-state index contributed by atoms with van der Waals surface area (Å²) in [4.78, 5) is 26.0. The van der Waals surface area contributed by atoms with Crippen LogP contribution in [-0.4, -0.2) is 49.8 Å². The van der Waals surface area contributed by atoms with Gasteiger partial charge in [0.05, 0.1) is 18.5 Å². The number of hydrazine groups is 1. The lowest BCUT2D eigenvalue weighted by molar-refractivity contribution is 0.0598. The van der Waals surface area contributed by atoms with Crippen LogP contribution in [0.15, 0.2) is 78.5 Å². The molecule has 37 heavy (non-hydrogen) atoms. The number of rotatable bonds is 9. The average Bonchev–Trinajstić information content (AvgIpc) is 2.89. The third-order valence-corrected chi connectivity index (χ3v) is 5.62. The first-order chi connectivity index (χ1) is 17.7. The summed E-state index contributed by atoms with van der Waals surface area (Å²) in [5, 5.41) is 1.71. The summed E-state index contributed by atoms with van der Waals surface area (Å²) in [6.45, 7) is 0.276. The Morgan fingerprint density at radius 1 is 0.973 bits per heavy atom. The molecule has 0 aliphatic carbocycles. The molecule has 10 heteroatoms. The van der Waals surface area contributed by atoms with Crippen LogP contribution in [0.3, 0.4) is 0 Å². The van der Waals surface area contributed by atoms with E-state index in [-0.39, 0.29) is 17.9 Å². The molecule has 194 valence electrons. The quantitative estimate of drug-likeness (QED) is 0.236. The van der Waals surface area contributed by atoms with Crippen LogP contribution in [0.5, 0.6) is 11.5 Å². The molecule has 0 aromatic heterocycles. The molecule has 3 aromatic rings. The molecule has 0 bridgehead atoms. The summed E-state index contributed by atoms with van der Waals surface area (Å²) in [5.74, 6) is 6.13. The van der Waals surface area contributed by atoms with E-state index in [9.17, 15) is 9.59 Å². The molecule has 4 N–H and O–H groups in total. The number of amides is 1. The van der Waals surface area contributed by atoms with E-state index >= 15 is 0 Å². The molecule has 0 spiro atoms. The van der Waals surface area contributed by atoms with E-state index in [1.807, 2.05) is 30.3 Å². The maximum absolute atomic E-state index is 12.5. The molecule has 0 saturated carbocycles. The normalized spacial score (nSPS) is 11.3. The van der Waals surface area contributed by atoms with Crippen LogP contribution in [-0.2, 0) is 16.0 Å². The highest BCUT2D eigenvalue weighted by Crippen LogP contribution is 2.30. The monoisotopic (exact) mass is 524 g/mol. The molecule has 0 aliphatic heterocycles. The number of hydrogen-bond acceptors (Lipinski definition) is 8. The largest absolute Gasteiger partial charge is 0.465 e. The second-order valence-electron chi connectivity index (χ2n) is 8.13. The van der Waals surface area contributed by atoms with Crippen molar-refractivity contribution in [2.75, 3.05) is 27.8 Å². The van der Waals surface area contributed by atoms with Gasteiger partial charge in [0.2, 0.25) is 0 Å². The fourth-order valence-corrected chi connectivity index (χ4v) is 3.55. The van der Waals surface area contributed by atoms with Crippen LogP contribution < -0.4 is 16.3 Å². The topological polar surface area (TPSA) is 120 Å². The van der Waals surface area contributed by atoms with Crippen molar-refractivity contribution in [3.63, 3.8) is 0 Å². The molecule has 0 radical (unpaired) electrons. The Hall–Kier alpha value is -4.21. The molecule has 1 amide bonds. The second-order valence-corrected chi connectivity index (χ2v) is 8.56. The highest BCUT2D eigenvalue weighted by molar-refractivity contribution is 6.30. The van der Waals surface area contributed by atoms with Gasteiger partial charge < -0.3 is 29.9 Å². The molecule has 0 unspecified atom stereocenters. The summed E-state index contributed by atoms with van der Waals surface area (Å²) < 4.78 is 16.1. The van der Waals surface area contributed by atoms with Crippen LogP contribution >= 0.6 is 11.6 Å². The summed E-state index contributed by atoms with van der Waals surface area (Å²) in [7, 11) is 4.54. The molecule has 9 nitrogen and oxygen atoms in total. The number of esters is 1. The molecule has 0 atom stereocenters. The fraction of sp³-hybridized carbons (Fsp3) is 0.185. The van der Waals surface area contributed by atoms with Crippen molar-refractivity contribution in [3.8, 4) is 11.5 Å². The van der Waals surface area contributed by atoms with Crippen molar-refractivity contribution in [2.24, 2.45) is 11.6 Å². The number of nitrogens with zero attached hydrogens (tertiary/aromatic N) is 2. The standard InChI is InChI=1S/C27H29ClN4O5/c1-31(16-18-7-5-4-6-8-18)27(34)36-17-23(32(2)30)25(29)19-9-12-21(13-10-19)37-24-15-20(28)11-14-22(24)26(33)35-3/h4-15H,16-17,29-30H2,1-3H3/b25-23-. The number of nitrogens with two attached hydrogens (primary N) is 2. The Bertz CT molecular complexity index is 1260. The van der Waals surface area contributed by atoms with Crippen molar-refractivity contribution in [2.45, 2.75) is 6.54 Å². The summed E-state index contributed by atoms with van der Waals surface area (Å²) >= 11 is 6.06. The highest BCUT2D eigenvalue weighted by atomic mass is 35.5. The van der Waals surface area contributed by atoms with Gasteiger partial charge in [-0.15, -0.1) is 0 Å². The van der Waals surface area contributed by atoms with Gasteiger partial charge in [0, 0.05) is 31.7 Å². The lowest BCUT2D eigenvalue weighted by atomic mass is 10.1. The summed E-state index contributed by atoms with van der Waals surface area (Å²) in [6.07, 6.45) is -0.511. The van der Waals surface area contributed by atoms with Crippen molar-refractivity contribution >= 4 is 29.4 Å².